The minimum absolute atomic E-state index is 0.121. The number of fused-ring (bicyclic) bond motifs is 5. The van der Waals surface area contributed by atoms with Crippen molar-refractivity contribution in [2.24, 2.45) is 11.8 Å². The van der Waals surface area contributed by atoms with E-state index in [1.54, 1.807) is 23.2 Å². The Labute approximate surface area is 192 Å². The SMILES string of the molecule is O=C(c1ccco1)[C@@H]1[C@@H]2C(=O)N(c3ccc(F)c(Cl)c3)C(=O)[C@H]2[C@H]2c3ccccc3C=CN12. The number of amides is 2. The Morgan fingerprint density at radius 2 is 1.79 bits per heavy atom. The summed E-state index contributed by atoms with van der Waals surface area (Å²) in [5, 5.41) is -0.194. The molecule has 33 heavy (non-hydrogen) atoms. The molecule has 0 saturated carbocycles. The minimum atomic E-state index is -0.931. The number of imide groups is 1. The Morgan fingerprint density at radius 3 is 2.55 bits per heavy atom. The van der Waals surface area contributed by atoms with Gasteiger partial charge in [0.15, 0.2) is 5.76 Å². The van der Waals surface area contributed by atoms with E-state index in [2.05, 4.69) is 0 Å². The van der Waals surface area contributed by atoms with Gasteiger partial charge in [-0.2, -0.15) is 0 Å². The van der Waals surface area contributed by atoms with Crippen molar-refractivity contribution in [2.75, 3.05) is 4.90 Å². The number of hydrogen-bond acceptors (Lipinski definition) is 5. The van der Waals surface area contributed by atoms with Gasteiger partial charge in [0.2, 0.25) is 17.6 Å². The van der Waals surface area contributed by atoms with Crippen LogP contribution in [-0.2, 0) is 9.59 Å². The van der Waals surface area contributed by atoms with Crippen molar-refractivity contribution >= 4 is 41.0 Å². The van der Waals surface area contributed by atoms with Crippen molar-refractivity contribution in [1.82, 2.24) is 4.90 Å². The minimum Gasteiger partial charge on any atom is -0.461 e. The number of benzene rings is 2. The van der Waals surface area contributed by atoms with E-state index in [4.69, 9.17) is 16.0 Å². The van der Waals surface area contributed by atoms with Gasteiger partial charge in [-0.3, -0.25) is 14.4 Å². The van der Waals surface area contributed by atoms with E-state index in [0.717, 1.165) is 22.1 Å². The van der Waals surface area contributed by atoms with Crippen LogP contribution in [0.3, 0.4) is 0 Å². The number of halogens is 2. The molecule has 2 aromatic carbocycles. The molecule has 0 unspecified atom stereocenters. The molecule has 4 heterocycles. The zero-order valence-corrected chi connectivity index (χ0v) is 17.8. The van der Waals surface area contributed by atoms with Crippen LogP contribution in [0.1, 0.15) is 27.7 Å². The summed E-state index contributed by atoms with van der Waals surface area (Å²) in [4.78, 5) is 43.7. The van der Waals surface area contributed by atoms with E-state index in [9.17, 15) is 18.8 Å². The largest absolute Gasteiger partial charge is 0.461 e. The molecule has 0 aliphatic carbocycles. The second kappa shape index (κ2) is 7.15. The van der Waals surface area contributed by atoms with Gasteiger partial charge in [0, 0.05) is 6.20 Å². The lowest BCUT2D eigenvalue weighted by molar-refractivity contribution is -0.123. The molecule has 6 rings (SSSR count). The Bertz CT molecular complexity index is 1350. The lowest BCUT2D eigenvalue weighted by Gasteiger charge is -2.35. The molecule has 164 valence electrons. The summed E-state index contributed by atoms with van der Waals surface area (Å²) in [5.74, 6) is -3.59. The summed E-state index contributed by atoms with van der Waals surface area (Å²) >= 11 is 5.92. The Hall–Kier alpha value is -3.71. The molecular weight excluding hydrogens is 447 g/mol. The first-order valence-electron chi connectivity index (χ1n) is 10.4. The van der Waals surface area contributed by atoms with Gasteiger partial charge in [-0.15, -0.1) is 0 Å². The van der Waals surface area contributed by atoms with Gasteiger partial charge in [0.25, 0.3) is 0 Å². The summed E-state index contributed by atoms with van der Waals surface area (Å²) in [6, 6.07) is 13.0. The average molecular weight is 463 g/mol. The maximum atomic E-state index is 13.7. The number of Topliss-reactive ketones (excluding diaryl/α,β-unsaturated/α-hetero) is 1. The van der Waals surface area contributed by atoms with E-state index in [1.807, 2.05) is 30.3 Å². The van der Waals surface area contributed by atoms with Gasteiger partial charge in [-0.25, -0.2) is 9.29 Å². The number of hydrogen-bond donors (Lipinski definition) is 0. The van der Waals surface area contributed by atoms with E-state index in [1.165, 1.54) is 18.4 Å². The third kappa shape index (κ3) is 2.75. The van der Waals surface area contributed by atoms with Gasteiger partial charge in [-0.05, 0) is 47.5 Å². The normalized spacial score (nSPS) is 25.3. The highest BCUT2D eigenvalue weighted by atomic mass is 35.5. The third-order valence-electron chi connectivity index (χ3n) is 6.66. The standard InChI is InChI=1S/C25H16ClFN2O4/c26-16-12-14(7-8-17(16)27)29-24(31)19-20(25(29)32)22(23(30)18-6-3-11-33-18)28-10-9-13-4-1-2-5-15(13)21(19)28/h1-12,19-22H/t19-,20-,21-,22+/m1/s1. The molecule has 3 aromatic rings. The first-order chi connectivity index (χ1) is 16.0. The maximum Gasteiger partial charge on any atom is 0.240 e. The summed E-state index contributed by atoms with van der Waals surface area (Å²) in [7, 11) is 0. The predicted molar refractivity (Wildman–Crippen MR) is 118 cm³/mol. The fourth-order valence-electron chi connectivity index (χ4n) is 5.30. The molecule has 2 amide bonds. The van der Waals surface area contributed by atoms with Crippen LogP contribution in [0.25, 0.3) is 6.08 Å². The second-order valence-corrected chi connectivity index (χ2v) is 8.69. The highest BCUT2D eigenvalue weighted by Crippen LogP contribution is 2.53. The molecule has 0 N–H and O–H groups in total. The molecule has 0 radical (unpaired) electrons. The molecule has 2 fully saturated rings. The van der Waals surface area contributed by atoms with Crippen molar-refractivity contribution in [3.63, 3.8) is 0 Å². The van der Waals surface area contributed by atoms with Crippen LogP contribution in [-0.4, -0.2) is 28.5 Å². The highest BCUT2D eigenvalue weighted by molar-refractivity contribution is 6.31. The van der Waals surface area contributed by atoms with Crippen LogP contribution in [0.2, 0.25) is 5.02 Å². The van der Waals surface area contributed by atoms with Gasteiger partial charge >= 0.3 is 0 Å². The molecule has 2 saturated heterocycles. The van der Waals surface area contributed by atoms with Crippen LogP contribution in [0, 0.1) is 17.7 Å². The summed E-state index contributed by atoms with van der Waals surface area (Å²) in [5.41, 5.74) is 1.97. The van der Waals surface area contributed by atoms with E-state index < -0.39 is 41.6 Å². The molecule has 3 aliphatic rings. The van der Waals surface area contributed by atoms with Gasteiger partial charge in [0.05, 0.1) is 34.9 Å². The summed E-state index contributed by atoms with van der Waals surface area (Å²) in [6.07, 6.45) is 5.05. The Kier molecular flexibility index (Phi) is 4.32. The van der Waals surface area contributed by atoms with Crippen molar-refractivity contribution < 1.29 is 23.2 Å². The first kappa shape index (κ1) is 19.9. The maximum absolute atomic E-state index is 13.7. The number of anilines is 1. The summed E-state index contributed by atoms with van der Waals surface area (Å²) in [6.45, 7) is 0. The number of ketones is 1. The van der Waals surface area contributed by atoms with Crippen LogP contribution >= 0.6 is 11.6 Å². The number of carbonyl (C=O) groups excluding carboxylic acids is 3. The van der Waals surface area contributed by atoms with Crippen LogP contribution in [0.5, 0.6) is 0 Å². The molecule has 8 heteroatoms. The monoisotopic (exact) mass is 462 g/mol. The van der Waals surface area contributed by atoms with Crippen LogP contribution in [0.15, 0.2) is 71.5 Å². The van der Waals surface area contributed by atoms with Gasteiger partial charge < -0.3 is 9.32 Å². The molecule has 4 atom stereocenters. The zero-order valence-electron chi connectivity index (χ0n) is 17.0. The Morgan fingerprint density at radius 1 is 1.00 bits per heavy atom. The van der Waals surface area contributed by atoms with E-state index in [0.29, 0.717) is 0 Å². The average Bonchev–Trinajstić information content (AvgIpc) is 3.52. The van der Waals surface area contributed by atoms with E-state index >= 15 is 0 Å². The van der Waals surface area contributed by atoms with Crippen LogP contribution < -0.4 is 4.90 Å². The van der Waals surface area contributed by atoms with Crippen molar-refractivity contribution in [2.45, 2.75) is 12.1 Å². The molecule has 3 aliphatic heterocycles. The fourth-order valence-corrected chi connectivity index (χ4v) is 5.48. The highest BCUT2D eigenvalue weighted by Gasteiger charge is 2.64. The molecule has 0 bridgehead atoms. The number of nitrogens with zero attached hydrogens (tertiary/aromatic N) is 2. The van der Waals surface area contributed by atoms with Gasteiger partial charge in [-0.1, -0.05) is 35.9 Å². The molecular formula is C25H16ClFN2O4. The fraction of sp³-hybridized carbons (Fsp3) is 0.160. The molecule has 6 nitrogen and oxygen atoms in total. The molecule has 0 spiro atoms. The molecule has 1 aromatic heterocycles. The quantitative estimate of drug-likeness (QED) is 0.424. The van der Waals surface area contributed by atoms with E-state index in [-0.39, 0.29) is 22.3 Å². The Balaban J connectivity index is 1.51. The smallest absolute Gasteiger partial charge is 0.240 e. The number of rotatable bonds is 3. The van der Waals surface area contributed by atoms with Crippen LogP contribution in [0.4, 0.5) is 10.1 Å². The predicted octanol–water partition coefficient (Wildman–Crippen LogP) is 4.47. The number of carbonyl (C=O) groups is 3. The topological polar surface area (TPSA) is 70.8 Å². The lowest BCUT2D eigenvalue weighted by Crippen LogP contribution is -2.44. The number of furan rings is 1. The third-order valence-corrected chi connectivity index (χ3v) is 6.95. The van der Waals surface area contributed by atoms with Crippen molar-refractivity contribution in [3.8, 4) is 0 Å². The summed E-state index contributed by atoms with van der Waals surface area (Å²) < 4.78 is 19.1. The van der Waals surface area contributed by atoms with Crippen molar-refractivity contribution in [3.05, 3.63) is 94.8 Å². The first-order valence-corrected chi connectivity index (χ1v) is 10.8. The van der Waals surface area contributed by atoms with Crippen molar-refractivity contribution in [1.29, 1.82) is 0 Å². The second-order valence-electron chi connectivity index (χ2n) is 8.28. The zero-order chi connectivity index (χ0) is 22.9. The van der Waals surface area contributed by atoms with Gasteiger partial charge in [0.1, 0.15) is 11.9 Å². The lowest BCUT2D eigenvalue weighted by atomic mass is 9.84.